The first-order valence-corrected chi connectivity index (χ1v) is 13.7. The average Bonchev–Trinajstić information content (AvgIpc) is 2.99. The number of aryl methyl sites for hydroxylation is 1. The van der Waals surface area contributed by atoms with Gasteiger partial charge < -0.3 is 9.47 Å². The Labute approximate surface area is 235 Å². The second kappa shape index (κ2) is 9.73. The van der Waals surface area contributed by atoms with Gasteiger partial charge in [0.15, 0.2) is 0 Å². The highest BCUT2D eigenvalue weighted by atomic mass is 16.5. The molecule has 2 aliphatic rings. The zero-order chi connectivity index (χ0) is 27.2. The third-order valence-electron chi connectivity index (χ3n) is 7.81. The number of fused-ring (bicyclic) bond motifs is 4. The molecule has 5 aromatic rings. The van der Waals surface area contributed by atoms with Gasteiger partial charge >= 0.3 is 0 Å². The van der Waals surface area contributed by atoms with E-state index in [0.717, 1.165) is 67.3 Å². The van der Waals surface area contributed by atoms with Crippen molar-refractivity contribution in [1.29, 1.82) is 0 Å². The highest BCUT2D eigenvalue weighted by molar-refractivity contribution is 6.98. The standard InChI is InChI=1S/C36H28BNO2/c1-4-9-24(5-2)26-12-14-30-32(19-26)39-34-21-29(28-16-17-38-23(3)18-28)22-35-36(34)37(30)31-15-13-27(20-33(31)40-35)25-10-7-6-8-11-25/h4-22H,1-3H3/b9-4-,24-5+. The van der Waals surface area contributed by atoms with Gasteiger partial charge in [0.05, 0.1) is 0 Å². The van der Waals surface area contributed by atoms with Gasteiger partial charge in [0.1, 0.15) is 23.0 Å². The van der Waals surface area contributed by atoms with Gasteiger partial charge in [-0.25, -0.2) is 0 Å². The van der Waals surface area contributed by atoms with E-state index in [2.05, 4.69) is 109 Å². The van der Waals surface area contributed by atoms with E-state index in [1.54, 1.807) is 0 Å². The Bertz CT molecular complexity index is 1840. The van der Waals surface area contributed by atoms with E-state index in [1.165, 1.54) is 11.1 Å². The zero-order valence-corrected chi connectivity index (χ0v) is 22.8. The molecular weight excluding hydrogens is 489 g/mol. The number of hydrogen-bond donors (Lipinski definition) is 0. The molecule has 0 saturated heterocycles. The Kier molecular flexibility index (Phi) is 5.89. The molecule has 0 atom stereocenters. The van der Waals surface area contributed by atoms with Gasteiger partial charge in [0.25, 0.3) is 6.71 Å². The van der Waals surface area contributed by atoms with E-state index in [9.17, 15) is 0 Å². The zero-order valence-electron chi connectivity index (χ0n) is 22.8. The Hall–Kier alpha value is -4.83. The molecule has 0 fully saturated rings. The first kappa shape index (κ1) is 24.2. The second-order valence-electron chi connectivity index (χ2n) is 10.3. The molecule has 3 heterocycles. The van der Waals surface area contributed by atoms with Crippen LogP contribution in [-0.2, 0) is 0 Å². The van der Waals surface area contributed by atoms with Gasteiger partial charge in [0, 0.05) is 17.4 Å². The van der Waals surface area contributed by atoms with E-state index in [0.29, 0.717) is 0 Å². The fraction of sp³-hybridized carbons (Fsp3) is 0.0833. The van der Waals surface area contributed by atoms with Crippen LogP contribution in [0.25, 0.3) is 27.8 Å². The van der Waals surface area contributed by atoms with Crippen LogP contribution in [0.5, 0.6) is 23.0 Å². The molecule has 3 nitrogen and oxygen atoms in total. The second-order valence-corrected chi connectivity index (χ2v) is 10.3. The average molecular weight is 517 g/mol. The maximum absolute atomic E-state index is 6.69. The summed E-state index contributed by atoms with van der Waals surface area (Å²) < 4.78 is 13.4. The quantitative estimate of drug-likeness (QED) is 0.180. The van der Waals surface area contributed by atoms with Crippen molar-refractivity contribution in [3.63, 3.8) is 0 Å². The lowest BCUT2D eigenvalue weighted by atomic mass is 9.34. The Morgan fingerprint density at radius 3 is 2.05 bits per heavy atom. The van der Waals surface area contributed by atoms with Crippen molar-refractivity contribution in [3.8, 4) is 45.3 Å². The summed E-state index contributed by atoms with van der Waals surface area (Å²) in [5.74, 6) is 3.44. The van der Waals surface area contributed by atoms with Crippen LogP contribution in [0.1, 0.15) is 25.1 Å². The number of nitrogens with zero attached hydrogens (tertiary/aromatic N) is 1. The summed E-state index contributed by atoms with van der Waals surface area (Å²) in [6.45, 7) is 6.14. The van der Waals surface area contributed by atoms with Crippen LogP contribution in [0.4, 0.5) is 0 Å². The van der Waals surface area contributed by atoms with E-state index in [4.69, 9.17) is 9.47 Å². The molecule has 40 heavy (non-hydrogen) atoms. The third-order valence-corrected chi connectivity index (χ3v) is 7.81. The molecule has 0 saturated carbocycles. The summed E-state index contributed by atoms with van der Waals surface area (Å²) in [6.07, 6.45) is 8.19. The van der Waals surface area contributed by atoms with Gasteiger partial charge in [-0.3, -0.25) is 4.98 Å². The number of hydrogen-bond acceptors (Lipinski definition) is 3. The monoisotopic (exact) mass is 517 g/mol. The van der Waals surface area contributed by atoms with Crippen molar-refractivity contribution in [2.24, 2.45) is 0 Å². The molecule has 0 spiro atoms. The number of rotatable bonds is 4. The number of aromatic nitrogens is 1. The van der Waals surface area contributed by atoms with Gasteiger partial charge in [-0.15, -0.1) is 0 Å². The number of benzene rings is 4. The predicted molar refractivity (Wildman–Crippen MR) is 166 cm³/mol. The lowest BCUT2D eigenvalue weighted by molar-refractivity contribution is 0.465. The maximum Gasteiger partial charge on any atom is 0.260 e. The molecular formula is C36H28BNO2. The highest BCUT2D eigenvalue weighted by Gasteiger charge is 2.40. The van der Waals surface area contributed by atoms with E-state index < -0.39 is 0 Å². The van der Waals surface area contributed by atoms with Crippen LogP contribution in [0.15, 0.2) is 115 Å². The minimum Gasteiger partial charge on any atom is -0.458 e. The molecule has 0 bridgehead atoms. The summed E-state index contributed by atoms with van der Waals surface area (Å²) >= 11 is 0. The third kappa shape index (κ3) is 4.04. The smallest absolute Gasteiger partial charge is 0.260 e. The molecule has 192 valence electrons. The molecule has 4 aromatic carbocycles. The van der Waals surface area contributed by atoms with Crippen LogP contribution in [0.2, 0.25) is 0 Å². The Balaban J connectivity index is 1.44. The lowest BCUT2D eigenvalue weighted by Crippen LogP contribution is -2.57. The van der Waals surface area contributed by atoms with Gasteiger partial charge in [0.2, 0.25) is 0 Å². The minimum absolute atomic E-state index is 0.0142. The number of pyridine rings is 1. The molecule has 0 aliphatic carbocycles. The molecule has 0 N–H and O–H groups in total. The fourth-order valence-electron chi connectivity index (χ4n) is 5.91. The molecule has 0 unspecified atom stereocenters. The normalized spacial score (nSPS) is 13.3. The van der Waals surface area contributed by atoms with E-state index >= 15 is 0 Å². The SMILES string of the molecule is C/C=C\C(=C/C)c1ccc2c(c1)Oc1cc(-c3ccnc(C)c3)cc3c1B2c1ccc(-c2ccccc2)cc1O3. The fourth-order valence-corrected chi connectivity index (χ4v) is 5.91. The maximum atomic E-state index is 6.69. The van der Waals surface area contributed by atoms with Crippen LogP contribution in [0.3, 0.4) is 0 Å². The largest absolute Gasteiger partial charge is 0.458 e. The molecule has 7 rings (SSSR count). The van der Waals surface area contributed by atoms with Crippen molar-refractivity contribution in [2.75, 3.05) is 0 Å². The first-order valence-electron chi connectivity index (χ1n) is 13.7. The summed E-state index contributed by atoms with van der Waals surface area (Å²) in [5, 5.41) is 0. The van der Waals surface area contributed by atoms with Crippen molar-refractivity contribution in [3.05, 3.63) is 127 Å². The Morgan fingerprint density at radius 2 is 1.35 bits per heavy atom. The molecule has 0 amide bonds. The molecule has 0 radical (unpaired) electrons. The molecule has 2 aliphatic heterocycles. The number of ether oxygens (including phenoxy) is 2. The lowest BCUT2D eigenvalue weighted by Gasteiger charge is -2.34. The Morgan fingerprint density at radius 1 is 0.675 bits per heavy atom. The highest BCUT2D eigenvalue weighted by Crippen LogP contribution is 2.39. The van der Waals surface area contributed by atoms with Gasteiger partial charge in [-0.2, -0.15) is 0 Å². The van der Waals surface area contributed by atoms with Crippen LogP contribution >= 0.6 is 0 Å². The van der Waals surface area contributed by atoms with Gasteiger partial charge in [-0.1, -0.05) is 72.8 Å². The van der Waals surface area contributed by atoms with E-state index in [-0.39, 0.29) is 6.71 Å². The van der Waals surface area contributed by atoms with Crippen LogP contribution < -0.4 is 25.9 Å². The summed E-state index contributed by atoms with van der Waals surface area (Å²) in [7, 11) is 0. The summed E-state index contributed by atoms with van der Waals surface area (Å²) in [5.41, 5.74) is 11.1. The van der Waals surface area contributed by atoms with Crippen molar-refractivity contribution >= 4 is 28.7 Å². The van der Waals surface area contributed by atoms with Crippen LogP contribution in [-0.4, -0.2) is 11.7 Å². The summed E-state index contributed by atoms with van der Waals surface area (Å²) in [4.78, 5) is 4.39. The molecule has 1 aromatic heterocycles. The first-order chi connectivity index (χ1) is 19.6. The molecule has 4 heteroatoms. The van der Waals surface area contributed by atoms with Gasteiger partial charge in [-0.05, 0) is 101 Å². The van der Waals surface area contributed by atoms with Crippen LogP contribution in [0, 0.1) is 6.92 Å². The van der Waals surface area contributed by atoms with Crippen molar-refractivity contribution < 1.29 is 9.47 Å². The minimum atomic E-state index is 0.0142. The van der Waals surface area contributed by atoms with Crippen molar-refractivity contribution in [1.82, 2.24) is 4.98 Å². The summed E-state index contributed by atoms with van der Waals surface area (Å²) in [6, 6.07) is 32.0. The number of allylic oxidation sites excluding steroid dienone is 4. The topological polar surface area (TPSA) is 31.4 Å². The van der Waals surface area contributed by atoms with E-state index in [1.807, 2.05) is 32.2 Å². The van der Waals surface area contributed by atoms with Crippen molar-refractivity contribution in [2.45, 2.75) is 20.8 Å². The predicted octanol–water partition coefficient (Wildman–Crippen LogP) is 7.43.